The van der Waals surface area contributed by atoms with Crippen molar-refractivity contribution in [3.63, 3.8) is 0 Å². The molecule has 2 aromatic rings. The van der Waals surface area contributed by atoms with Crippen LogP contribution >= 0.6 is 12.2 Å². The molecule has 0 unspecified atom stereocenters. The number of hydrogen-bond donors (Lipinski definition) is 2. The number of nitrogens with one attached hydrogen (secondary N) is 1. The number of ether oxygens (including phenoxy) is 1. The highest BCUT2D eigenvalue weighted by atomic mass is 32.1. The van der Waals surface area contributed by atoms with E-state index in [4.69, 9.17) is 27.1 Å². The summed E-state index contributed by atoms with van der Waals surface area (Å²) in [6.45, 7) is 2.02. The van der Waals surface area contributed by atoms with E-state index in [1.54, 1.807) is 13.0 Å². The van der Waals surface area contributed by atoms with Gasteiger partial charge in [0.1, 0.15) is 5.56 Å². The molecule has 1 aromatic carbocycles. The monoisotopic (exact) mass is 238 g/mol. The maximum atomic E-state index is 11.6. The van der Waals surface area contributed by atoms with Crippen molar-refractivity contribution in [1.29, 1.82) is 0 Å². The van der Waals surface area contributed by atoms with E-state index in [1.807, 2.05) is 0 Å². The fourth-order valence-electron chi connectivity index (χ4n) is 1.44. The predicted octanol–water partition coefficient (Wildman–Crippen LogP) is 2.25. The summed E-state index contributed by atoms with van der Waals surface area (Å²) in [7, 11) is 0. The van der Waals surface area contributed by atoms with Crippen molar-refractivity contribution in [2.75, 3.05) is 12.3 Å². The maximum absolute atomic E-state index is 11.6. The molecule has 5 nitrogen and oxygen atoms in total. The average Bonchev–Trinajstić information content (AvgIpc) is 2.57. The van der Waals surface area contributed by atoms with E-state index in [0.29, 0.717) is 23.4 Å². The Hall–Kier alpha value is -1.82. The van der Waals surface area contributed by atoms with Gasteiger partial charge in [-0.3, -0.25) is 0 Å². The van der Waals surface area contributed by atoms with Crippen molar-refractivity contribution in [2.24, 2.45) is 0 Å². The van der Waals surface area contributed by atoms with Gasteiger partial charge in [0, 0.05) is 5.69 Å². The van der Waals surface area contributed by atoms with Gasteiger partial charge in [0.15, 0.2) is 5.58 Å². The van der Waals surface area contributed by atoms with E-state index in [-0.39, 0.29) is 10.4 Å². The zero-order chi connectivity index (χ0) is 11.7. The normalized spacial score (nSPS) is 10.6. The first kappa shape index (κ1) is 10.7. The smallest absolute Gasteiger partial charge is 0.342 e. The van der Waals surface area contributed by atoms with Crippen LogP contribution in [0.1, 0.15) is 17.3 Å². The third kappa shape index (κ3) is 1.79. The van der Waals surface area contributed by atoms with Crippen LogP contribution in [0.5, 0.6) is 0 Å². The molecule has 16 heavy (non-hydrogen) atoms. The molecule has 0 spiro atoms. The number of oxazole rings is 1. The van der Waals surface area contributed by atoms with Gasteiger partial charge < -0.3 is 19.9 Å². The van der Waals surface area contributed by atoms with Crippen molar-refractivity contribution < 1.29 is 13.9 Å². The van der Waals surface area contributed by atoms with Crippen LogP contribution in [0.15, 0.2) is 16.5 Å². The fraction of sp³-hybridized carbons (Fsp3) is 0.200. The number of nitrogens with two attached hydrogens (primary N) is 1. The van der Waals surface area contributed by atoms with E-state index in [1.165, 1.54) is 6.07 Å². The quantitative estimate of drug-likeness (QED) is 0.476. The van der Waals surface area contributed by atoms with Gasteiger partial charge in [0.25, 0.3) is 4.84 Å². The highest BCUT2D eigenvalue weighted by Gasteiger charge is 2.15. The molecule has 0 aliphatic rings. The van der Waals surface area contributed by atoms with E-state index < -0.39 is 5.97 Å². The second-order valence-corrected chi connectivity index (χ2v) is 3.55. The molecule has 0 amide bonds. The number of aromatic amines is 1. The van der Waals surface area contributed by atoms with Crippen molar-refractivity contribution >= 4 is 35.0 Å². The number of fused-ring (bicyclic) bond motifs is 1. The number of benzene rings is 1. The van der Waals surface area contributed by atoms with Gasteiger partial charge in [0.2, 0.25) is 0 Å². The number of carbonyl (C=O) groups is 1. The van der Waals surface area contributed by atoms with E-state index in [0.717, 1.165) is 0 Å². The third-order valence-corrected chi connectivity index (χ3v) is 2.22. The molecule has 0 aliphatic carbocycles. The number of H-pyrrole nitrogens is 1. The molecule has 6 heteroatoms. The summed E-state index contributed by atoms with van der Waals surface area (Å²) in [6.07, 6.45) is 0. The Kier molecular flexibility index (Phi) is 2.66. The molecule has 3 N–H and O–H groups in total. The second kappa shape index (κ2) is 3.97. The number of carbonyl (C=O) groups excluding carboxylic acids is 1. The second-order valence-electron chi connectivity index (χ2n) is 3.18. The summed E-state index contributed by atoms with van der Waals surface area (Å²) in [4.78, 5) is 14.6. The maximum Gasteiger partial charge on any atom is 0.342 e. The average molecular weight is 238 g/mol. The minimum absolute atomic E-state index is 0.200. The molecule has 84 valence electrons. The van der Waals surface area contributed by atoms with Crippen molar-refractivity contribution in [1.82, 2.24) is 4.98 Å². The zero-order valence-corrected chi connectivity index (χ0v) is 9.39. The zero-order valence-electron chi connectivity index (χ0n) is 8.57. The lowest BCUT2D eigenvalue weighted by Crippen LogP contribution is -2.05. The minimum atomic E-state index is -0.474. The fourth-order valence-corrected chi connectivity index (χ4v) is 1.64. The van der Waals surface area contributed by atoms with E-state index in [2.05, 4.69) is 4.98 Å². The summed E-state index contributed by atoms with van der Waals surface area (Å²) in [6, 6.07) is 3.16. The number of esters is 1. The first-order chi connectivity index (χ1) is 7.61. The highest BCUT2D eigenvalue weighted by Crippen LogP contribution is 2.22. The van der Waals surface area contributed by atoms with Gasteiger partial charge in [-0.05, 0) is 31.3 Å². The Morgan fingerprint density at radius 3 is 3.06 bits per heavy atom. The number of hydrogen-bond acceptors (Lipinski definition) is 5. The molecule has 0 bridgehead atoms. The van der Waals surface area contributed by atoms with Crippen LogP contribution in [0, 0.1) is 4.84 Å². The van der Waals surface area contributed by atoms with Crippen LogP contribution in [0.2, 0.25) is 0 Å². The Balaban J connectivity index is 2.67. The van der Waals surface area contributed by atoms with Crippen LogP contribution in [0.4, 0.5) is 5.69 Å². The summed E-state index contributed by atoms with van der Waals surface area (Å²) < 4.78 is 10.1. The van der Waals surface area contributed by atoms with Crippen LogP contribution in [0.3, 0.4) is 0 Å². The largest absolute Gasteiger partial charge is 0.462 e. The van der Waals surface area contributed by atoms with Crippen LogP contribution < -0.4 is 5.73 Å². The summed E-state index contributed by atoms with van der Waals surface area (Å²) >= 11 is 4.85. The van der Waals surface area contributed by atoms with Gasteiger partial charge in [-0.25, -0.2) is 4.79 Å². The van der Waals surface area contributed by atoms with Gasteiger partial charge in [-0.2, -0.15) is 0 Å². The van der Waals surface area contributed by atoms with Gasteiger partial charge in [0.05, 0.1) is 12.1 Å². The number of anilines is 1. The first-order valence-corrected chi connectivity index (χ1v) is 5.12. The molecule has 1 heterocycles. The molecule has 1 aromatic heterocycles. The molecule has 0 atom stereocenters. The highest BCUT2D eigenvalue weighted by molar-refractivity contribution is 7.71. The Morgan fingerprint density at radius 2 is 2.38 bits per heavy atom. The summed E-state index contributed by atoms with van der Waals surface area (Å²) in [5.41, 5.74) is 7.36. The van der Waals surface area contributed by atoms with Crippen molar-refractivity contribution in [2.45, 2.75) is 6.92 Å². The van der Waals surface area contributed by atoms with E-state index >= 15 is 0 Å². The minimum Gasteiger partial charge on any atom is -0.462 e. The molecular formula is C10H10N2O3S. The molecular weight excluding hydrogens is 228 g/mol. The molecule has 0 fully saturated rings. The van der Waals surface area contributed by atoms with Gasteiger partial charge in [-0.15, -0.1) is 0 Å². The lowest BCUT2D eigenvalue weighted by Gasteiger charge is -2.02. The standard InChI is InChI=1S/C10H10N2O3S/c1-2-14-9(13)6-3-5(11)4-7-8(6)15-10(16)12-7/h3-4H,2,11H2,1H3,(H,12,16). The summed E-state index contributed by atoms with van der Waals surface area (Å²) in [5.74, 6) is -0.474. The Labute approximate surface area is 96.2 Å². The molecule has 0 radical (unpaired) electrons. The predicted molar refractivity (Wildman–Crippen MR) is 61.8 cm³/mol. The Bertz CT molecular complexity index is 600. The number of rotatable bonds is 2. The number of nitrogen functional groups attached to an aromatic ring is 1. The summed E-state index contributed by atoms with van der Waals surface area (Å²) in [5, 5.41) is 0. The molecule has 0 saturated carbocycles. The van der Waals surface area contributed by atoms with Crippen LogP contribution in [0.25, 0.3) is 11.1 Å². The Morgan fingerprint density at radius 1 is 1.62 bits per heavy atom. The molecule has 0 aliphatic heterocycles. The number of aromatic nitrogens is 1. The third-order valence-electron chi connectivity index (χ3n) is 2.04. The first-order valence-electron chi connectivity index (χ1n) is 4.71. The SMILES string of the molecule is CCOC(=O)c1cc(N)cc2[nH]c(=S)oc12. The van der Waals surface area contributed by atoms with E-state index in [9.17, 15) is 4.79 Å². The van der Waals surface area contributed by atoms with Gasteiger partial charge in [-0.1, -0.05) is 0 Å². The van der Waals surface area contributed by atoms with Gasteiger partial charge >= 0.3 is 5.97 Å². The van der Waals surface area contributed by atoms with Crippen molar-refractivity contribution in [3.05, 3.63) is 22.5 Å². The topological polar surface area (TPSA) is 81.2 Å². The molecule has 2 rings (SSSR count). The van der Waals surface area contributed by atoms with Crippen LogP contribution in [-0.4, -0.2) is 17.6 Å². The van der Waals surface area contributed by atoms with Crippen LogP contribution in [-0.2, 0) is 4.74 Å². The molecule has 0 saturated heterocycles. The lowest BCUT2D eigenvalue weighted by molar-refractivity contribution is 0.0527. The lowest BCUT2D eigenvalue weighted by atomic mass is 10.2. The van der Waals surface area contributed by atoms with Crippen molar-refractivity contribution in [3.8, 4) is 0 Å².